The number of rotatable bonds is 1. The van der Waals surface area contributed by atoms with E-state index in [0.717, 1.165) is 0 Å². The molecule has 1 aliphatic carbocycles. The van der Waals surface area contributed by atoms with Crippen molar-refractivity contribution in [1.82, 2.24) is 0 Å². The van der Waals surface area contributed by atoms with Gasteiger partial charge in [0.05, 0.1) is 0 Å². The van der Waals surface area contributed by atoms with Crippen LogP contribution < -0.4 is 0 Å². The minimum absolute atomic E-state index is 0.210. The maximum Gasteiger partial charge on any atom is -0.0411 e. The van der Waals surface area contributed by atoms with Crippen LogP contribution in [-0.2, 0) is 23.3 Å². The van der Waals surface area contributed by atoms with Gasteiger partial charge in [-0.25, -0.2) is 5.57 Å². The fraction of sp³-hybridized carbons (Fsp3) is 0.345. The molecular weight excluding hydrogens is 468 g/mol. The van der Waals surface area contributed by atoms with Gasteiger partial charge in [0.25, 0.3) is 0 Å². The summed E-state index contributed by atoms with van der Waals surface area (Å²) in [7, 11) is 0. The molecule has 31 heavy (non-hydrogen) atoms. The Morgan fingerprint density at radius 3 is 1.90 bits per heavy atom. The average Bonchev–Trinajstić information content (AvgIpc) is 3.12. The smallest absolute Gasteiger partial charge is 0.0411 e. The third kappa shape index (κ3) is 6.80. The van der Waals surface area contributed by atoms with Crippen molar-refractivity contribution in [3.05, 3.63) is 88.0 Å². The molecule has 0 N–H and O–H groups in total. The molecule has 0 bridgehead atoms. The fourth-order valence-electron chi connectivity index (χ4n) is 3.84. The molecule has 4 rings (SSSR count). The van der Waals surface area contributed by atoms with E-state index in [2.05, 4.69) is 116 Å². The minimum atomic E-state index is 0.210. The molecule has 1 aliphatic rings. The Morgan fingerprint density at radius 1 is 0.903 bits per heavy atom. The van der Waals surface area contributed by atoms with Crippen molar-refractivity contribution in [3.63, 3.8) is 0 Å². The number of benzene rings is 2. The van der Waals surface area contributed by atoms with Crippen LogP contribution in [0.25, 0.3) is 21.9 Å². The van der Waals surface area contributed by atoms with Gasteiger partial charge in [-0.3, -0.25) is 6.08 Å². The maximum absolute atomic E-state index is 3.36. The summed E-state index contributed by atoms with van der Waals surface area (Å²) in [5.74, 6) is 0.560. The van der Waals surface area contributed by atoms with E-state index in [0.29, 0.717) is 5.92 Å². The summed E-state index contributed by atoms with van der Waals surface area (Å²) in [6.45, 7) is 19.9. The fourth-order valence-corrected chi connectivity index (χ4v) is 3.84. The van der Waals surface area contributed by atoms with Gasteiger partial charge in [0, 0.05) is 0 Å². The van der Waals surface area contributed by atoms with Crippen molar-refractivity contribution < 1.29 is 23.3 Å². The van der Waals surface area contributed by atoms with E-state index in [1.807, 2.05) is 0 Å². The summed E-state index contributed by atoms with van der Waals surface area (Å²) in [4.78, 5) is 0. The Kier molecular flexibility index (Phi) is 9.59. The van der Waals surface area contributed by atoms with Crippen LogP contribution in [0.1, 0.15) is 44.4 Å². The Bertz CT molecular complexity index is 1120. The minimum Gasteiger partial charge on any atom is -0.149 e. The zero-order valence-corrected chi connectivity index (χ0v) is 24.2. The van der Waals surface area contributed by atoms with Crippen molar-refractivity contribution in [2.75, 3.05) is 0 Å². The number of hydrogen-bond acceptors (Lipinski definition) is 0. The van der Waals surface area contributed by atoms with E-state index in [4.69, 9.17) is 0 Å². The largest absolute Gasteiger partial charge is 0.149 e. The van der Waals surface area contributed by atoms with Crippen LogP contribution in [-0.4, -0.2) is 5.43 Å². The van der Waals surface area contributed by atoms with E-state index in [1.165, 1.54) is 55.3 Å². The van der Waals surface area contributed by atoms with Crippen molar-refractivity contribution in [1.29, 1.82) is 0 Å². The van der Waals surface area contributed by atoms with E-state index < -0.39 is 0 Å². The molecule has 0 aliphatic heterocycles. The van der Waals surface area contributed by atoms with Gasteiger partial charge in [0.1, 0.15) is 0 Å². The second kappa shape index (κ2) is 11.5. The Labute approximate surface area is 205 Å². The van der Waals surface area contributed by atoms with E-state index in [1.54, 1.807) is 23.3 Å². The Morgan fingerprint density at radius 2 is 1.45 bits per heavy atom. The molecule has 2 heteroatoms. The summed E-state index contributed by atoms with van der Waals surface area (Å²) in [6.07, 6.45) is 3.36. The van der Waals surface area contributed by atoms with E-state index in [9.17, 15) is 0 Å². The van der Waals surface area contributed by atoms with Crippen LogP contribution in [0.3, 0.4) is 0 Å². The van der Waals surface area contributed by atoms with Gasteiger partial charge in [-0.15, -0.1) is 47.0 Å². The van der Waals surface area contributed by atoms with Gasteiger partial charge in [-0.05, 0) is 13.8 Å². The topological polar surface area (TPSA) is 0 Å². The van der Waals surface area contributed by atoms with Crippen LogP contribution in [0.4, 0.5) is 0 Å². The van der Waals surface area contributed by atoms with Crippen LogP contribution in [0, 0.1) is 32.8 Å². The van der Waals surface area contributed by atoms with Gasteiger partial charge in [-0.1, -0.05) is 80.6 Å². The standard InChI is InChI=1S/C18H17.C9H13.C2H6Si.Zr/c1-12-9-16-10-14(3)18(17(16)11-13(12)2)15-7-5-4-6-8-15;1-6-5-7(2)9(4)8(6)3;1-3-2;/h4-11H,1-3H3;6H,1-4H3;1-2H3;/q2*-1;;+2. The van der Waals surface area contributed by atoms with Crippen molar-refractivity contribution in [2.45, 2.75) is 61.6 Å². The molecule has 1 unspecified atom stereocenters. The molecule has 3 aromatic rings. The SMILES string of the molecule is CC1=[C-]C(C)C(C)=C1C.C[Si](C)=[Zr+2].Cc1cc2[cH-]c(C)c(-c3ccccc3)c2cc1C. The molecule has 1 atom stereocenters. The maximum atomic E-state index is 3.36. The molecule has 0 spiro atoms. The predicted octanol–water partition coefficient (Wildman–Crippen LogP) is 8.66. The Balaban J connectivity index is 0.000000220. The summed E-state index contributed by atoms with van der Waals surface area (Å²) in [5.41, 5.74) is 11.2. The molecule has 0 radical (unpaired) electrons. The van der Waals surface area contributed by atoms with E-state index in [-0.39, 0.29) is 5.43 Å². The van der Waals surface area contributed by atoms with Crippen LogP contribution in [0.5, 0.6) is 0 Å². The molecule has 0 heterocycles. The molecule has 160 valence electrons. The van der Waals surface area contributed by atoms with Gasteiger partial charge >= 0.3 is 41.9 Å². The average molecular weight is 504 g/mol. The first-order valence-electron chi connectivity index (χ1n) is 11.0. The third-order valence-corrected chi connectivity index (χ3v) is 6.00. The first-order valence-corrected chi connectivity index (χ1v) is 17.2. The molecule has 0 saturated heterocycles. The van der Waals surface area contributed by atoms with E-state index >= 15 is 0 Å². The van der Waals surface area contributed by atoms with Gasteiger partial charge < -0.3 is 0 Å². The van der Waals surface area contributed by atoms with Crippen molar-refractivity contribution in [3.8, 4) is 11.1 Å². The van der Waals surface area contributed by atoms with Gasteiger partial charge in [0.2, 0.25) is 0 Å². The van der Waals surface area contributed by atoms with Crippen LogP contribution in [0.2, 0.25) is 13.1 Å². The first kappa shape index (κ1) is 25.9. The molecule has 0 aromatic heterocycles. The van der Waals surface area contributed by atoms with Crippen molar-refractivity contribution >= 4 is 16.2 Å². The molecule has 0 fully saturated rings. The molecule has 3 aromatic carbocycles. The van der Waals surface area contributed by atoms with Gasteiger partial charge in [0.15, 0.2) is 0 Å². The monoisotopic (exact) mass is 502 g/mol. The molecule has 0 amide bonds. The zero-order chi connectivity index (χ0) is 23.3. The third-order valence-electron chi connectivity index (χ3n) is 6.00. The summed E-state index contributed by atoms with van der Waals surface area (Å²) >= 11 is 1.74. The number of fused-ring (bicyclic) bond motifs is 1. The zero-order valence-electron chi connectivity index (χ0n) is 20.7. The van der Waals surface area contributed by atoms with Crippen molar-refractivity contribution in [2.24, 2.45) is 5.92 Å². The quantitative estimate of drug-likeness (QED) is 0.230. The number of hydrogen-bond donors (Lipinski definition) is 0. The second-order valence-electron chi connectivity index (χ2n) is 8.89. The summed E-state index contributed by atoms with van der Waals surface area (Å²) in [5, 5.41) is 2.73. The summed E-state index contributed by atoms with van der Waals surface area (Å²) in [6, 6.07) is 17.6. The normalized spacial score (nSPS) is 15.2. The Hall–Kier alpha value is -1.37. The second-order valence-corrected chi connectivity index (χ2v) is 18.3. The van der Waals surface area contributed by atoms with Gasteiger partial charge in [-0.2, -0.15) is 11.1 Å². The number of aryl methyl sites for hydroxylation is 3. The summed E-state index contributed by atoms with van der Waals surface area (Å²) < 4.78 is 0. The first-order chi connectivity index (χ1) is 14.5. The predicted molar refractivity (Wildman–Crippen MR) is 137 cm³/mol. The molecular formula is C29H36SiZr. The molecule has 0 saturated carbocycles. The van der Waals surface area contributed by atoms with Crippen LogP contribution >= 0.6 is 0 Å². The van der Waals surface area contributed by atoms with Crippen LogP contribution in [0.15, 0.2) is 65.3 Å². The number of allylic oxidation sites excluding steroid dienone is 4. The molecule has 0 nitrogen and oxygen atoms in total.